The van der Waals surface area contributed by atoms with Gasteiger partial charge in [0.1, 0.15) is 6.67 Å². The monoisotopic (exact) mass is 250 g/mol. The number of rotatable bonds is 5. The second-order valence-corrected chi connectivity index (χ2v) is 5.06. The Morgan fingerprint density at radius 1 is 1.22 bits per heavy atom. The van der Waals surface area contributed by atoms with E-state index in [4.69, 9.17) is 5.73 Å². The lowest BCUT2D eigenvalue weighted by atomic mass is 9.94. The zero-order valence-corrected chi connectivity index (χ0v) is 10.9. The highest BCUT2D eigenvalue weighted by atomic mass is 19.1. The maximum atomic E-state index is 12.5. The predicted molar refractivity (Wildman–Crippen MR) is 73.1 cm³/mol. The van der Waals surface area contributed by atoms with Crippen molar-refractivity contribution in [3.63, 3.8) is 0 Å². The van der Waals surface area contributed by atoms with Gasteiger partial charge in [0.05, 0.1) is 0 Å². The van der Waals surface area contributed by atoms with Crippen LogP contribution in [0.4, 0.5) is 4.39 Å². The van der Waals surface area contributed by atoms with Crippen LogP contribution in [-0.4, -0.2) is 24.5 Å². The summed E-state index contributed by atoms with van der Waals surface area (Å²) in [6, 6.07) is 8.48. The van der Waals surface area contributed by atoms with E-state index in [2.05, 4.69) is 17.0 Å². The molecule has 0 spiro atoms. The van der Waals surface area contributed by atoms with Crippen LogP contribution in [-0.2, 0) is 6.67 Å². The third-order valence-corrected chi connectivity index (χ3v) is 3.78. The molecule has 0 bridgehead atoms. The summed E-state index contributed by atoms with van der Waals surface area (Å²) in [6.07, 6.45) is 4.83. The highest BCUT2D eigenvalue weighted by molar-refractivity contribution is 5.25. The normalized spacial score (nSPS) is 21.1. The minimum absolute atomic E-state index is 0.373. The molecule has 18 heavy (non-hydrogen) atoms. The molecule has 1 fully saturated rings. The van der Waals surface area contributed by atoms with Crippen molar-refractivity contribution in [2.45, 2.75) is 38.4 Å². The average Bonchev–Trinajstić information content (AvgIpc) is 2.45. The van der Waals surface area contributed by atoms with Gasteiger partial charge in [0.25, 0.3) is 0 Å². The summed E-state index contributed by atoms with van der Waals surface area (Å²) in [5.74, 6) is 0. The maximum absolute atomic E-state index is 12.5. The Kier molecular flexibility index (Phi) is 5.14. The Labute approximate surface area is 109 Å². The van der Waals surface area contributed by atoms with Crippen LogP contribution >= 0.6 is 0 Å². The highest BCUT2D eigenvalue weighted by Gasteiger charge is 2.23. The van der Waals surface area contributed by atoms with E-state index in [1.807, 2.05) is 12.1 Å². The Morgan fingerprint density at radius 3 is 2.67 bits per heavy atom. The Balaban J connectivity index is 2.06. The zero-order chi connectivity index (χ0) is 12.8. The van der Waals surface area contributed by atoms with Gasteiger partial charge in [-0.1, -0.05) is 30.7 Å². The number of likely N-dealkylation sites (tertiary alicyclic amines) is 1. The molecule has 1 aliphatic rings. The van der Waals surface area contributed by atoms with Crippen molar-refractivity contribution < 1.29 is 4.39 Å². The fraction of sp³-hybridized carbons (Fsp3) is 0.600. The van der Waals surface area contributed by atoms with E-state index < -0.39 is 0 Å². The maximum Gasteiger partial charge on any atom is 0.115 e. The van der Waals surface area contributed by atoms with Gasteiger partial charge in [0, 0.05) is 6.04 Å². The molecule has 0 radical (unpaired) electrons. The van der Waals surface area contributed by atoms with E-state index >= 15 is 0 Å². The molecule has 1 heterocycles. The minimum atomic E-state index is -0.373. The van der Waals surface area contributed by atoms with Crippen molar-refractivity contribution in [1.29, 1.82) is 0 Å². The fourth-order valence-electron chi connectivity index (χ4n) is 2.76. The Morgan fingerprint density at radius 2 is 2.00 bits per heavy atom. The number of nitrogens with zero attached hydrogens (tertiary/aromatic N) is 1. The second kappa shape index (κ2) is 6.86. The smallest absolute Gasteiger partial charge is 0.115 e. The predicted octanol–water partition coefficient (Wildman–Crippen LogP) is 3.03. The van der Waals surface area contributed by atoms with Crippen LogP contribution in [0.3, 0.4) is 0 Å². The number of nitrogens with two attached hydrogens (primary N) is 1. The number of hydrogen-bond donors (Lipinski definition) is 1. The molecule has 2 rings (SSSR count). The zero-order valence-electron chi connectivity index (χ0n) is 10.9. The molecule has 1 aliphatic heterocycles. The van der Waals surface area contributed by atoms with Crippen LogP contribution < -0.4 is 5.73 Å². The molecule has 1 aromatic rings. The molecular formula is C15H23FN2. The van der Waals surface area contributed by atoms with Crippen LogP contribution in [0, 0.1) is 0 Å². The van der Waals surface area contributed by atoms with Gasteiger partial charge in [-0.3, -0.25) is 4.90 Å². The third-order valence-electron chi connectivity index (χ3n) is 3.78. The fourth-order valence-corrected chi connectivity index (χ4v) is 2.76. The van der Waals surface area contributed by atoms with E-state index in [1.54, 1.807) is 0 Å². The van der Waals surface area contributed by atoms with Gasteiger partial charge in [-0.15, -0.1) is 0 Å². The largest absolute Gasteiger partial charge is 0.330 e. The number of alkyl halides is 1. The molecule has 1 atom stereocenters. The van der Waals surface area contributed by atoms with Gasteiger partial charge >= 0.3 is 0 Å². The summed E-state index contributed by atoms with van der Waals surface area (Å²) in [5, 5.41) is 0. The molecule has 1 unspecified atom stereocenters. The molecule has 0 saturated carbocycles. The van der Waals surface area contributed by atoms with Gasteiger partial charge in [-0.2, -0.15) is 0 Å². The summed E-state index contributed by atoms with van der Waals surface area (Å²) < 4.78 is 12.5. The molecule has 0 amide bonds. The van der Waals surface area contributed by atoms with E-state index in [-0.39, 0.29) is 6.67 Å². The summed E-state index contributed by atoms with van der Waals surface area (Å²) in [4.78, 5) is 2.53. The molecule has 100 valence electrons. The molecule has 1 saturated heterocycles. The van der Waals surface area contributed by atoms with Crippen molar-refractivity contribution >= 4 is 0 Å². The molecule has 1 aromatic carbocycles. The van der Waals surface area contributed by atoms with Gasteiger partial charge in [0.15, 0.2) is 0 Å². The molecule has 2 N–H and O–H groups in total. The topological polar surface area (TPSA) is 29.3 Å². The number of piperidine rings is 1. The van der Waals surface area contributed by atoms with Gasteiger partial charge in [0.2, 0.25) is 0 Å². The summed E-state index contributed by atoms with van der Waals surface area (Å²) in [5.41, 5.74) is 7.69. The lowest BCUT2D eigenvalue weighted by molar-refractivity contribution is 0.148. The molecule has 0 aromatic heterocycles. The molecule has 3 heteroatoms. The van der Waals surface area contributed by atoms with Crippen LogP contribution in [0.25, 0.3) is 0 Å². The first-order valence-corrected chi connectivity index (χ1v) is 6.94. The quantitative estimate of drug-likeness (QED) is 0.870. The van der Waals surface area contributed by atoms with E-state index in [0.29, 0.717) is 6.04 Å². The summed E-state index contributed by atoms with van der Waals surface area (Å²) in [7, 11) is 0. The van der Waals surface area contributed by atoms with Crippen molar-refractivity contribution in [3.8, 4) is 0 Å². The average molecular weight is 250 g/mol. The molecule has 2 nitrogen and oxygen atoms in total. The number of halogens is 1. The van der Waals surface area contributed by atoms with Gasteiger partial charge in [-0.05, 0) is 50.0 Å². The molecule has 0 aliphatic carbocycles. The Bertz CT molecular complexity index is 350. The Hall–Kier alpha value is -0.930. The van der Waals surface area contributed by atoms with Crippen LogP contribution in [0.5, 0.6) is 0 Å². The van der Waals surface area contributed by atoms with Crippen molar-refractivity contribution in [2.24, 2.45) is 5.73 Å². The first-order chi connectivity index (χ1) is 8.85. The lowest BCUT2D eigenvalue weighted by Crippen LogP contribution is -2.34. The van der Waals surface area contributed by atoms with Gasteiger partial charge < -0.3 is 5.73 Å². The number of hydrogen-bond acceptors (Lipinski definition) is 2. The lowest BCUT2D eigenvalue weighted by Gasteiger charge is -2.36. The van der Waals surface area contributed by atoms with Crippen molar-refractivity contribution in [3.05, 3.63) is 35.4 Å². The van der Waals surface area contributed by atoms with Crippen LogP contribution in [0.1, 0.15) is 42.9 Å². The summed E-state index contributed by atoms with van der Waals surface area (Å²) in [6.45, 7) is 2.62. The van der Waals surface area contributed by atoms with Crippen molar-refractivity contribution in [2.75, 3.05) is 19.6 Å². The van der Waals surface area contributed by atoms with Gasteiger partial charge in [-0.25, -0.2) is 4.39 Å². The third kappa shape index (κ3) is 3.30. The molecular weight excluding hydrogens is 227 g/mol. The van der Waals surface area contributed by atoms with E-state index in [0.717, 1.165) is 31.6 Å². The highest BCUT2D eigenvalue weighted by Crippen LogP contribution is 2.30. The standard InChI is InChI=1S/C15H23FN2/c16-12-13-5-7-14(8-6-13)15-4-1-2-10-18(15)11-3-9-17/h5-8,15H,1-4,9-12,17H2. The van der Waals surface area contributed by atoms with Crippen LogP contribution in [0.2, 0.25) is 0 Å². The summed E-state index contributed by atoms with van der Waals surface area (Å²) >= 11 is 0. The first-order valence-electron chi connectivity index (χ1n) is 6.94. The number of benzene rings is 1. The minimum Gasteiger partial charge on any atom is -0.330 e. The van der Waals surface area contributed by atoms with Crippen molar-refractivity contribution in [1.82, 2.24) is 4.90 Å². The van der Waals surface area contributed by atoms with E-state index in [9.17, 15) is 4.39 Å². The first kappa shape index (κ1) is 13.5. The SMILES string of the molecule is NCCCN1CCCCC1c1ccc(CF)cc1. The van der Waals surface area contributed by atoms with Crippen LogP contribution in [0.15, 0.2) is 24.3 Å². The second-order valence-electron chi connectivity index (χ2n) is 5.06. The van der Waals surface area contributed by atoms with E-state index in [1.165, 1.54) is 24.8 Å².